The van der Waals surface area contributed by atoms with Crippen LogP contribution in [0.2, 0.25) is 5.02 Å². The molecule has 1 aromatic heterocycles. The van der Waals surface area contributed by atoms with Crippen molar-refractivity contribution in [3.8, 4) is 11.3 Å². The highest BCUT2D eigenvalue weighted by atomic mass is 35.5. The van der Waals surface area contributed by atoms with Gasteiger partial charge in [0.25, 0.3) is 5.91 Å². The Hall–Kier alpha value is -3.46. The molecule has 0 saturated carbocycles. The number of para-hydroxylation sites is 1. The van der Waals surface area contributed by atoms with E-state index in [4.69, 9.17) is 16.3 Å². The third kappa shape index (κ3) is 4.48. The van der Waals surface area contributed by atoms with Gasteiger partial charge in [0.1, 0.15) is 6.73 Å². The molecular formula is C25H20ClN3O4S. The zero-order chi connectivity index (χ0) is 23.7. The first-order valence-electron chi connectivity index (χ1n) is 10.6. The zero-order valence-corrected chi connectivity index (χ0v) is 19.5. The molecule has 7 nitrogen and oxygen atoms in total. The van der Waals surface area contributed by atoms with E-state index in [2.05, 4.69) is 10.3 Å². The van der Waals surface area contributed by atoms with Crippen LogP contribution in [-0.2, 0) is 14.8 Å². The Morgan fingerprint density at radius 3 is 2.59 bits per heavy atom. The van der Waals surface area contributed by atoms with E-state index in [1.54, 1.807) is 42.5 Å². The lowest BCUT2D eigenvalue weighted by Gasteiger charge is -2.28. The van der Waals surface area contributed by atoms with Gasteiger partial charge in [-0.15, -0.1) is 0 Å². The summed E-state index contributed by atoms with van der Waals surface area (Å²) in [6, 6.07) is 23.2. The highest BCUT2D eigenvalue weighted by molar-refractivity contribution is 7.92. The van der Waals surface area contributed by atoms with Gasteiger partial charge in [-0.3, -0.25) is 4.79 Å². The molecule has 1 fully saturated rings. The predicted molar refractivity (Wildman–Crippen MR) is 134 cm³/mol. The molecule has 0 unspecified atom stereocenters. The Balaban J connectivity index is 1.36. The second-order valence-corrected chi connectivity index (χ2v) is 10.2. The molecule has 2 heterocycles. The van der Waals surface area contributed by atoms with Gasteiger partial charge in [0.15, 0.2) is 0 Å². The average molecular weight is 494 g/mol. The number of rotatable bonds is 4. The largest absolute Gasteiger partial charge is 0.359 e. The molecule has 172 valence electrons. The van der Waals surface area contributed by atoms with Crippen LogP contribution >= 0.6 is 11.6 Å². The maximum absolute atomic E-state index is 12.8. The van der Waals surface area contributed by atoms with Gasteiger partial charge in [0, 0.05) is 22.2 Å². The number of pyridine rings is 1. The number of benzene rings is 3. The second kappa shape index (κ2) is 9.06. The van der Waals surface area contributed by atoms with E-state index in [9.17, 15) is 13.2 Å². The Kier molecular flexibility index (Phi) is 5.95. The standard InChI is InChI=1S/C25H20ClN3O4S/c26-22-11-8-19(15-21(22)24-12-7-17-3-1-2-4-23(17)28-24)27-25(30)18-5-9-20(10-6-18)29-16-33-13-14-34(29,31)32/h1-12,15H,13-14,16H2,(H,27,30). The van der Waals surface area contributed by atoms with E-state index in [1.165, 1.54) is 4.31 Å². The van der Waals surface area contributed by atoms with Crippen LogP contribution in [0.5, 0.6) is 0 Å². The van der Waals surface area contributed by atoms with E-state index in [0.717, 1.165) is 10.9 Å². The van der Waals surface area contributed by atoms with Crippen molar-refractivity contribution >= 4 is 49.8 Å². The lowest BCUT2D eigenvalue weighted by atomic mass is 10.1. The third-order valence-electron chi connectivity index (χ3n) is 5.55. The predicted octanol–water partition coefficient (Wildman–Crippen LogP) is 4.93. The number of carbonyl (C=O) groups excluding carboxylic acids is 1. The molecule has 1 aliphatic heterocycles. The van der Waals surface area contributed by atoms with E-state index < -0.39 is 10.0 Å². The Morgan fingerprint density at radius 1 is 1.00 bits per heavy atom. The average Bonchev–Trinajstić information content (AvgIpc) is 2.85. The maximum atomic E-state index is 12.8. The van der Waals surface area contributed by atoms with Crippen molar-refractivity contribution in [2.45, 2.75) is 0 Å². The number of hydrogen-bond acceptors (Lipinski definition) is 5. The number of halogens is 1. The lowest BCUT2D eigenvalue weighted by molar-refractivity contribution is 0.102. The minimum absolute atomic E-state index is 0.0375. The van der Waals surface area contributed by atoms with Crippen LogP contribution in [-0.4, -0.2) is 38.4 Å². The van der Waals surface area contributed by atoms with Crippen molar-refractivity contribution in [3.05, 3.63) is 89.4 Å². The number of fused-ring (bicyclic) bond motifs is 1. The molecule has 0 radical (unpaired) electrons. The van der Waals surface area contributed by atoms with Crippen molar-refractivity contribution < 1.29 is 17.9 Å². The lowest BCUT2D eigenvalue weighted by Crippen LogP contribution is -2.41. The van der Waals surface area contributed by atoms with Crippen LogP contribution in [0, 0.1) is 0 Å². The van der Waals surface area contributed by atoms with Crippen molar-refractivity contribution in [1.82, 2.24) is 4.98 Å². The van der Waals surface area contributed by atoms with Gasteiger partial charge in [-0.25, -0.2) is 17.7 Å². The van der Waals surface area contributed by atoms with Gasteiger partial charge in [0.2, 0.25) is 10.0 Å². The minimum atomic E-state index is -3.42. The van der Waals surface area contributed by atoms with E-state index in [0.29, 0.717) is 33.2 Å². The van der Waals surface area contributed by atoms with Gasteiger partial charge in [0.05, 0.1) is 34.3 Å². The second-order valence-electron chi connectivity index (χ2n) is 7.79. The van der Waals surface area contributed by atoms with Crippen molar-refractivity contribution in [1.29, 1.82) is 0 Å². The van der Waals surface area contributed by atoms with Gasteiger partial charge >= 0.3 is 0 Å². The summed E-state index contributed by atoms with van der Waals surface area (Å²) in [7, 11) is -3.42. The molecule has 0 atom stereocenters. The molecule has 34 heavy (non-hydrogen) atoms. The summed E-state index contributed by atoms with van der Waals surface area (Å²) in [6.45, 7) is 0.140. The number of aromatic nitrogens is 1. The van der Waals surface area contributed by atoms with Crippen LogP contribution in [0.3, 0.4) is 0 Å². The Bertz CT molecular complexity index is 1490. The van der Waals surface area contributed by atoms with Crippen LogP contribution in [0.25, 0.3) is 22.2 Å². The molecule has 5 rings (SSSR count). The Labute approximate surface area is 202 Å². The van der Waals surface area contributed by atoms with Crippen LogP contribution < -0.4 is 9.62 Å². The fourth-order valence-electron chi connectivity index (χ4n) is 3.74. The summed E-state index contributed by atoms with van der Waals surface area (Å²) in [5.41, 5.74) is 3.67. The molecule has 9 heteroatoms. The zero-order valence-electron chi connectivity index (χ0n) is 17.9. The number of amides is 1. The third-order valence-corrected chi connectivity index (χ3v) is 7.55. The fraction of sp³-hybridized carbons (Fsp3) is 0.120. The number of carbonyl (C=O) groups is 1. The number of sulfonamides is 1. The van der Waals surface area contributed by atoms with Gasteiger partial charge in [-0.1, -0.05) is 35.9 Å². The molecule has 0 spiro atoms. The number of hydrogen-bond donors (Lipinski definition) is 1. The van der Waals surface area contributed by atoms with Gasteiger partial charge < -0.3 is 10.1 Å². The van der Waals surface area contributed by atoms with Crippen LogP contribution in [0.4, 0.5) is 11.4 Å². The summed E-state index contributed by atoms with van der Waals surface area (Å²) in [5, 5.41) is 4.42. The first kappa shape index (κ1) is 22.3. The maximum Gasteiger partial charge on any atom is 0.255 e. The smallest absolute Gasteiger partial charge is 0.255 e. The first-order chi connectivity index (χ1) is 16.4. The first-order valence-corrected chi connectivity index (χ1v) is 12.5. The molecule has 1 N–H and O–H groups in total. The molecule has 4 aromatic rings. The minimum Gasteiger partial charge on any atom is -0.359 e. The quantitative estimate of drug-likeness (QED) is 0.435. The molecule has 1 aliphatic rings. The van der Waals surface area contributed by atoms with E-state index >= 15 is 0 Å². The molecule has 1 amide bonds. The summed E-state index contributed by atoms with van der Waals surface area (Å²) >= 11 is 6.43. The monoisotopic (exact) mass is 493 g/mol. The summed E-state index contributed by atoms with van der Waals surface area (Å²) < 4.78 is 30.9. The fourth-order valence-corrected chi connectivity index (χ4v) is 5.18. The van der Waals surface area contributed by atoms with Crippen LogP contribution in [0.1, 0.15) is 10.4 Å². The van der Waals surface area contributed by atoms with E-state index in [1.807, 2.05) is 36.4 Å². The van der Waals surface area contributed by atoms with Crippen LogP contribution in [0.15, 0.2) is 78.9 Å². The highest BCUT2D eigenvalue weighted by Crippen LogP contribution is 2.31. The summed E-state index contributed by atoms with van der Waals surface area (Å²) in [5.74, 6) is -0.399. The van der Waals surface area contributed by atoms with Gasteiger partial charge in [-0.05, 0) is 54.6 Å². The normalized spacial score (nSPS) is 15.3. The molecular weight excluding hydrogens is 474 g/mol. The number of nitrogens with one attached hydrogen (secondary N) is 1. The van der Waals surface area contributed by atoms with Crippen molar-refractivity contribution in [2.75, 3.05) is 28.7 Å². The molecule has 1 saturated heterocycles. The number of anilines is 2. The van der Waals surface area contributed by atoms with Crippen molar-refractivity contribution in [2.24, 2.45) is 0 Å². The van der Waals surface area contributed by atoms with Crippen molar-refractivity contribution in [3.63, 3.8) is 0 Å². The Morgan fingerprint density at radius 2 is 1.79 bits per heavy atom. The summed E-state index contributed by atoms with van der Waals surface area (Å²) in [4.78, 5) is 17.5. The number of ether oxygens (including phenoxy) is 1. The number of nitrogens with zero attached hydrogens (tertiary/aromatic N) is 2. The van der Waals surface area contributed by atoms with Gasteiger partial charge in [-0.2, -0.15) is 0 Å². The molecule has 0 bridgehead atoms. The molecule has 0 aliphatic carbocycles. The SMILES string of the molecule is O=C(Nc1ccc(Cl)c(-c2ccc3ccccc3n2)c1)c1ccc(N2COCCS2(=O)=O)cc1. The topological polar surface area (TPSA) is 88.6 Å². The highest BCUT2D eigenvalue weighted by Gasteiger charge is 2.26. The molecule has 3 aromatic carbocycles. The summed E-state index contributed by atoms with van der Waals surface area (Å²) in [6.07, 6.45) is 0. The van der Waals surface area contributed by atoms with E-state index in [-0.39, 0.29) is 25.0 Å².